The summed E-state index contributed by atoms with van der Waals surface area (Å²) >= 11 is 3.69. The van der Waals surface area contributed by atoms with Crippen LogP contribution >= 0.6 is 15.9 Å². The first-order valence-electron chi connectivity index (χ1n) is 5.79. The van der Waals surface area contributed by atoms with Crippen molar-refractivity contribution >= 4 is 15.9 Å². The molecule has 0 amide bonds. The van der Waals surface area contributed by atoms with Gasteiger partial charge < -0.3 is 10.1 Å². The van der Waals surface area contributed by atoms with Crippen LogP contribution in [0, 0.1) is 0 Å². The number of hydrogen-bond acceptors (Lipinski definition) is 2. The molecule has 0 saturated heterocycles. The first kappa shape index (κ1) is 11.9. The minimum Gasteiger partial charge on any atom is -0.495 e. The third kappa shape index (κ3) is 2.11. The molecular weight excluding hydrogens is 266 g/mol. The van der Waals surface area contributed by atoms with E-state index in [2.05, 4.69) is 27.3 Å². The van der Waals surface area contributed by atoms with Gasteiger partial charge in [-0.2, -0.15) is 0 Å². The Hall–Kier alpha value is -0.540. The Balaban J connectivity index is 2.39. The molecule has 3 heteroatoms. The monoisotopic (exact) mass is 283 g/mol. The van der Waals surface area contributed by atoms with Crippen LogP contribution in [0.15, 0.2) is 10.5 Å². The summed E-state index contributed by atoms with van der Waals surface area (Å²) in [7, 11) is 3.74. The second-order valence-electron chi connectivity index (χ2n) is 4.23. The van der Waals surface area contributed by atoms with Crippen LogP contribution in [0.5, 0.6) is 5.75 Å². The van der Waals surface area contributed by atoms with E-state index in [1.807, 2.05) is 7.05 Å². The number of fused-ring (bicyclic) bond motifs is 1. The number of halogens is 1. The number of nitrogens with one attached hydrogen (secondary N) is 1. The molecule has 1 aliphatic carbocycles. The molecule has 1 aromatic carbocycles. The van der Waals surface area contributed by atoms with E-state index in [0.717, 1.165) is 18.7 Å². The number of rotatable bonds is 4. The van der Waals surface area contributed by atoms with Crippen molar-refractivity contribution in [2.75, 3.05) is 20.7 Å². The van der Waals surface area contributed by atoms with Gasteiger partial charge in [-0.1, -0.05) is 6.07 Å². The minimum atomic E-state index is 0.988. The van der Waals surface area contributed by atoms with Crippen molar-refractivity contribution in [2.24, 2.45) is 0 Å². The van der Waals surface area contributed by atoms with Gasteiger partial charge in [0.05, 0.1) is 11.6 Å². The number of aryl methyl sites for hydroxylation is 1. The van der Waals surface area contributed by atoms with E-state index in [-0.39, 0.29) is 0 Å². The number of benzene rings is 1. The molecule has 0 fully saturated rings. The molecule has 1 N–H and O–H groups in total. The van der Waals surface area contributed by atoms with E-state index >= 15 is 0 Å². The molecular formula is C13H18BrNO. The molecule has 0 unspecified atom stereocenters. The lowest BCUT2D eigenvalue weighted by atomic mass is 10.0. The third-order valence-corrected chi connectivity index (χ3v) is 4.05. The van der Waals surface area contributed by atoms with Crippen molar-refractivity contribution in [3.05, 3.63) is 27.2 Å². The summed E-state index contributed by atoms with van der Waals surface area (Å²) in [6.45, 7) is 0.988. The summed E-state index contributed by atoms with van der Waals surface area (Å²) in [6.07, 6.45) is 4.68. The lowest BCUT2D eigenvalue weighted by Gasteiger charge is -2.14. The summed E-state index contributed by atoms with van der Waals surface area (Å²) in [5.41, 5.74) is 4.26. The fourth-order valence-electron chi connectivity index (χ4n) is 2.40. The van der Waals surface area contributed by atoms with E-state index in [1.165, 1.54) is 40.4 Å². The van der Waals surface area contributed by atoms with Crippen LogP contribution in [0.3, 0.4) is 0 Å². The van der Waals surface area contributed by atoms with Gasteiger partial charge in [0.1, 0.15) is 5.75 Å². The van der Waals surface area contributed by atoms with Crippen molar-refractivity contribution in [3.8, 4) is 5.75 Å². The summed E-state index contributed by atoms with van der Waals surface area (Å²) in [5.74, 6) is 1.02. The van der Waals surface area contributed by atoms with Crippen LogP contribution < -0.4 is 10.1 Å². The van der Waals surface area contributed by atoms with Crippen LogP contribution in [-0.4, -0.2) is 20.7 Å². The fourth-order valence-corrected chi connectivity index (χ4v) is 3.27. The molecule has 0 saturated carbocycles. The smallest absolute Gasteiger partial charge is 0.136 e. The van der Waals surface area contributed by atoms with E-state index in [0.29, 0.717) is 0 Å². The maximum atomic E-state index is 5.52. The molecule has 0 radical (unpaired) electrons. The molecule has 1 aromatic rings. The lowest BCUT2D eigenvalue weighted by molar-refractivity contribution is 0.406. The van der Waals surface area contributed by atoms with Gasteiger partial charge in [0.25, 0.3) is 0 Å². The SMILES string of the molecule is CNCCc1cc2c(c(Br)c1OC)CCC2. The first-order chi connectivity index (χ1) is 7.77. The standard InChI is InChI=1S/C13H18BrNO/c1-15-7-6-10-8-9-4-3-5-11(9)12(14)13(10)16-2/h8,15H,3-7H2,1-2H3. The van der Waals surface area contributed by atoms with E-state index < -0.39 is 0 Å². The Bertz CT molecular complexity index is 390. The van der Waals surface area contributed by atoms with Crippen molar-refractivity contribution in [2.45, 2.75) is 25.7 Å². The van der Waals surface area contributed by atoms with Gasteiger partial charge in [0.15, 0.2) is 0 Å². The Morgan fingerprint density at radius 2 is 2.25 bits per heavy atom. The van der Waals surface area contributed by atoms with Gasteiger partial charge in [0, 0.05) is 0 Å². The summed E-state index contributed by atoms with van der Waals surface area (Å²) in [5, 5.41) is 3.18. The molecule has 0 heterocycles. The molecule has 0 bridgehead atoms. The van der Waals surface area contributed by atoms with Crippen LogP contribution in [0.1, 0.15) is 23.1 Å². The first-order valence-corrected chi connectivity index (χ1v) is 6.59. The average Bonchev–Trinajstić information content (AvgIpc) is 2.75. The highest BCUT2D eigenvalue weighted by Crippen LogP contribution is 2.39. The normalized spacial score (nSPS) is 13.9. The minimum absolute atomic E-state index is 0.988. The Morgan fingerprint density at radius 3 is 2.94 bits per heavy atom. The second kappa shape index (κ2) is 5.19. The zero-order chi connectivity index (χ0) is 11.5. The molecule has 0 atom stereocenters. The van der Waals surface area contributed by atoms with Crippen molar-refractivity contribution in [1.29, 1.82) is 0 Å². The maximum Gasteiger partial charge on any atom is 0.136 e. The predicted octanol–water partition coefficient (Wildman–Crippen LogP) is 2.71. The van der Waals surface area contributed by atoms with Gasteiger partial charge in [-0.25, -0.2) is 0 Å². The van der Waals surface area contributed by atoms with Crippen molar-refractivity contribution in [3.63, 3.8) is 0 Å². The molecule has 2 rings (SSSR count). The van der Waals surface area contributed by atoms with Gasteiger partial charge in [-0.15, -0.1) is 0 Å². The second-order valence-corrected chi connectivity index (χ2v) is 5.02. The summed E-state index contributed by atoms with van der Waals surface area (Å²) in [4.78, 5) is 0. The Kier molecular flexibility index (Phi) is 3.87. The van der Waals surface area contributed by atoms with Crippen molar-refractivity contribution in [1.82, 2.24) is 5.32 Å². The predicted molar refractivity (Wildman–Crippen MR) is 70.3 cm³/mol. The van der Waals surface area contributed by atoms with E-state index in [4.69, 9.17) is 4.74 Å². The molecule has 2 nitrogen and oxygen atoms in total. The highest BCUT2D eigenvalue weighted by Gasteiger charge is 2.20. The van der Waals surface area contributed by atoms with Crippen LogP contribution in [-0.2, 0) is 19.3 Å². The zero-order valence-electron chi connectivity index (χ0n) is 9.90. The number of likely N-dealkylation sites (N-methyl/N-ethyl adjacent to an activating group) is 1. The Labute approximate surface area is 106 Å². The summed E-state index contributed by atoms with van der Waals surface area (Å²) in [6, 6.07) is 2.32. The highest BCUT2D eigenvalue weighted by atomic mass is 79.9. The molecule has 0 aromatic heterocycles. The highest BCUT2D eigenvalue weighted by molar-refractivity contribution is 9.10. The van der Waals surface area contributed by atoms with E-state index in [9.17, 15) is 0 Å². The lowest BCUT2D eigenvalue weighted by Crippen LogP contribution is -2.11. The maximum absolute atomic E-state index is 5.52. The molecule has 88 valence electrons. The summed E-state index contributed by atoms with van der Waals surface area (Å²) < 4.78 is 6.70. The van der Waals surface area contributed by atoms with Gasteiger partial charge in [0.2, 0.25) is 0 Å². The van der Waals surface area contributed by atoms with Crippen LogP contribution in [0.2, 0.25) is 0 Å². The number of hydrogen-bond donors (Lipinski definition) is 1. The molecule has 0 aliphatic heterocycles. The molecule has 0 spiro atoms. The van der Waals surface area contributed by atoms with Gasteiger partial charge in [-0.05, 0) is 71.9 Å². The van der Waals surface area contributed by atoms with Crippen LogP contribution in [0.4, 0.5) is 0 Å². The Morgan fingerprint density at radius 1 is 1.44 bits per heavy atom. The van der Waals surface area contributed by atoms with Crippen LogP contribution in [0.25, 0.3) is 0 Å². The van der Waals surface area contributed by atoms with Crippen molar-refractivity contribution < 1.29 is 4.74 Å². The average molecular weight is 284 g/mol. The quantitative estimate of drug-likeness (QED) is 0.918. The zero-order valence-corrected chi connectivity index (χ0v) is 11.5. The largest absolute Gasteiger partial charge is 0.495 e. The van der Waals surface area contributed by atoms with Gasteiger partial charge >= 0.3 is 0 Å². The molecule has 16 heavy (non-hydrogen) atoms. The molecule has 1 aliphatic rings. The fraction of sp³-hybridized carbons (Fsp3) is 0.538. The van der Waals surface area contributed by atoms with E-state index in [1.54, 1.807) is 7.11 Å². The topological polar surface area (TPSA) is 21.3 Å². The third-order valence-electron chi connectivity index (χ3n) is 3.21. The van der Waals surface area contributed by atoms with Gasteiger partial charge in [-0.3, -0.25) is 0 Å². The number of ether oxygens (including phenoxy) is 1. The number of methoxy groups -OCH3 is 1.